The van der Waals surface area contributed by atoms with Crippen molar-refractivity contribution in [2.24, 2.45) is 22.9 Å². The molecule has 1 fully saturated rings. The highest BCUT2D eigenvalue weighted by Gasteiger charge is 2.65. The third kappa shape index (κ3) is 10.2. The van der Waals surface area contributed by atoms with Crippen LogP contribution in [0.2, 0.25) is 0 Å². The number of aliphatic hydroxyl groups excluding tert-OH is 2. The first-order valence-corrected chi connectivity index (χ1v) is 23.0. The molecule has 0 radical (unpaired) electrons. The number of carbonyl (C=O) groups excluding carboxylic acids is 2. The largest absolute Gasteiger partial charge is 0.497 e. The summed E-state index contributed by atoms with van der Waals surface area (Å²) >= 11 is 0. The molecule has 2 amide bonds. The van der Waals surface area contributed by atoms with Crippen molar-refractivity contribution in [2.75, 3.05) is 52.6 Å². The van der Waals surface area contributed by atoms with Gasteiger partial charge in [-0.15, -0.1) is 6.58 Å². The van der Waals surface area contributed by atoms with E-state index in [1.165, 1.54) is 7.11 Å². The summed E-state index contributed by atoms with van der Waals surface area (Å²) in [5, 5.41) is 29.6. The first kappa shape index (κ1) is 47.9. The summed E-state index contributed by atoms with van der Waals surface area (Å²) in [6, 6.07) is 23.7. The fourth-order valence-electron chi connectivity index (χ4n) is 10.1. The highest BCUT2D eigenvalue weighted by Crippen LogP contribution is 2.62. The number of ether oxygens (including phenoxy) is 6. The van der Waals surface area contributed by atoms with Gasteiger partial charge in [-0.2, -0.15) is 0 Å². The van der Waals surface area contributed by atoms with Crippen molar-refractivity contribution in [3.05, 3.63) is 114 Å². The summed E-state index contributed by atoms with van der Waals surface area (Å²) in [7, 11) is 3.05. The quantitative estimate of drug-likeness (QED) is 0.0414. The van der Waals surface area contributed by atoms with Crippen LogP contribution in [0.15, 0.2) is 108 Å². The first-order valence-electron chi connectivity index (χ1n) is 23.0. The third-order valence-corrected chi connectivity index (χ3v) is 12.9. The van der Waals surface area contributed by atoms with Crippen LogP contribution >= 0.6 is 0 Å². The summed E-state index contributed by atoms with van der Waals surface area (Å²) in [4.78, 5) is 35.9. The van der Waals surface area contributed by atoms with Crippen molar-refractivity contribution >= 4 is 34.4 Å². The second-order valence-electron chi connectivity index (χ2n) is 16.7. The minimum absolute atomic E-state index is 0.00479. The highest BCUT2D eigenvalue weighted by atomic mass is 16.7. The summed E-state index contributed by atoms with van der Waals surface area (Å²) < 4.78 is 37.2. The van der Waals surface area contributed by atoms with Crippen molar-refractivity contribution in [3.63, 3.8) is 0 Å². The molecule has 4 aromatic rings. The Kier molecular flexibility index (Phi) is 16.2. The van der Waals surface area contributed by atoms with Crippen LogP contribution in [0.5, 0.6) is 23.0 Å². The number of nitrogens with zero attached hydrogens (tertiary/aromatic N) is 2. The van der Waals surface area contributed by atoms with Crippen LogP contribution in [-0.4, -0.2) is 92.1 Å². The van der Waals surface area contributed by atoms with Gasteiger partial charge in [0.1, 0.15) is 35.6 Å². The lowest BCUT2D eigenvalue weighted by molar-refractivity contribution is -0.256. The van der Waals surface area contributed by atoms with Gasteiger partial charge in [0.15, 0.2) is 0 Å². The number of anilines is 1. The number of carbonyl (C=O) groups is 2. The van der Waals surface area contributed by atoms with Gasteiger partial charge in [0, 0.05) is 37.2 Å². The molecule has 0 saturated heterocycles. The smallest absolute Gasteiger partial charge is 0.417 e. The maximum atomic E-state index is 14.6. The van der Waals surface area contributed by atoms with Crippen LogP contribution < -0.4 is 24.3 Å². The molecule has 3 N–H and O–H groups in total. The number of oxime groups is 1. The van der Waals surface area contributed by atoms with Gasteiger partial charge in [-0.3, -0.25) is 10.2 Å². The number of unbranched alkanes of at least 4 members (excludes halogenated alkanes) is 2. The molecular weight excluding hydrogens is 843 g/mol. The molecule has 1 saturated carbocycles. The number of aliphatic hydroxyl groups is 2. The lowest BCUT2D eigenvalue weighted by Crippen LogP contribution is -2.70. The second kappa shape index (κ2) is 22.4. The van der Waals surface area contributed by atoms with E-state index in [-0.39, 0.29) is 62.9 Å². The Bertz CT molecular complexity index is 2380. The van der Waals surface area contributed by atoms with Crippen LogP contribution in [0.1, 0.15) is 75.8 Å². The molecule has 7 rings (SSSR count). The summed E-state index contributed by atoms with van der Waals surface area (Å²) in [5.74, 6) is -0.729. The van der Waals surface area contributed by atoms with Gasteiger partial charge < -0.3 is 43.5 Å². The highest BCUT2D eigenvalue weighted by molar-refractivity contribution is 6.03. The minimum Gasteiger partial charge on any atom is -0.497 e. The average molecular weight is 906 g/mol. The molecule has 3 aliphatic rings. The Morgan fingerprint density at radius 3 is 2.44 bits per heavy atom. The van der Waals surface area contributed by atoms with Crippen LogP contribution in [-0.2, 0) is 20.9 Å². The molecular formula is C52H63N3O11. The van der Waals surface area contributed by atoms with E-state index >= 15 is 0 Å². The van der Waals surface area contributed by atoms with Gasteiger partial charge in [-0.25, -0.2) is 9.59 Å². The van der Waals surface area contributed by atoms with E-state index in [0.29, 0.717) is 48.1 Å². The zero-order valence-electron chi connectivity index (χ0n) is 38.4. The average Bonchev–Trinajstić information content (AvgIpc) is 3.33. The summed E-state index contributed by atoms with van der Waals surface area (Å²) in [6.07, 6.45) is 7.17. The standard InChI is InChI=1S/C52H63N3O11/c1-6-28-63-52-47(55(51(59)62-7-2)33-36-19-15-18-34-16-9-10-20-39(34)36)32-44(54-64-8-3)41-29-35(17-11-13-26-56)40(21-12-14-27-57)48(49(41)52)42-30-38(23-25-45(42)66-52)65-50(58)53-43-24-22-37(60-4)31-46(43)61-5/h6,9-10,15-16,18-20,22-25,29-31,35,40,47-49,56-57H,1,7-8,11-14,17,21,26-28,32-33H2,2-5H3,(H,53,58)/t35-,40+,47-,48+,49+,52+/m0/s1. The fourth-order valence-corrected chi connectivity index (χ4v) is 10.1. The van der Waals surface area contributed by atoms with E-state index in [9.17, 15) is 19.8 Å². The van der Waals surface area contributed by atoms with Gasteiger partial charge >= 0.3 is 12.2 Å². The normalized spacial score (nSPS) is 22.2. The van der Waals surface area contributed by atoms with E-state index in [1.54, 1.807) is 55.3 Å². The fraction of sp³-hybridized carbons (Fsp3) is 0.442. The third-order valence-electron chi connectivity index (χ3n) is 12.9. The van der Waals surface area contributed by atoms with Crippen molar-refractivity contribution in [1.29, 1.82) is 0 Å². The van der Waals surface area contributed by atoms with Gasteiger partial charge in [0.2, 0.25) is 5.79 Å². The van der Waals surface area contributed by atoms with Crippen LogP contribution in [0.25, 0.3) is 10.8 Å². The molecule has 352 valence electrons. The number of nitrogens with one attached hydrogen (secondary N) is 1. The second-order valence-corrected chi connectivity index (χ2v) is 16.7. The topological polar surface area (TPSA) is 167 Å². The van der Waals surface area contributed by atoms with Gasteiger partial charge in [0.05, 0.1) is 51.3 Å². The number of fused-ring (bicyclic) bond motifs is 3. The van der Waals surface area contributed by atoms with Crippen molar-refractivity contribution < 1.29 is 53.1 Å². The molecule has 1 heterocycles. The molecule has 0 aromatic heterocycles. The van der Waals surface area contributed by atoms with E-state index in [0.717, 1.165) is 53.2 Å². The van der Waals surface area contributed by atoms with Crippen molar-refractivity contribution in [1.82, 2.24) is 4.90 Å². The van der Waals surface area contributed by atoms with Crippen molar-refractivity contribution in [2.45, 2.75) is 83.1 Å². The molecule has 2 aliphatic carbocycles. The van der Waals surface area contributed by atoms with E-state index < -0.39 is 29.9 Å². The zero-order valence-corrected chi connectivity index (χ0v) is 38.4. The summed E-state index contributed by atoms with van der Waals surface area (Å²) in [5.41, 5.74) is 3.66. The zero-order chi connectivity index (χ0) is 46.6. The predicted molar refractivity (Wildman–Crippen MR) is 252 cm³/mol. The Morgan fingerprint density at radius 2 is 1.70 bits per heavy atom. The Balaban J connectivity index is 1.41. The molecule has 0 unspecified atom stereocenters. The number of hydrogen-bond donors (Lipinski definition) is 3. The predicted octanol–water partition coefficient (Wildman–Crippen LogP) is 9.78. The maximum absolute atomic E-state index is 14.6. The van der Waals surface area contributed by atoms with Crippen LogP contribution in [0.3, 0.4) is 0 Å². The molecule has 14 nitrogen and oxygen atoms in total. The van der Waals surface area contributed by atoms with Gasteiger partial charge in [0.25, 0.3) is 0 Å². The maximum Gasteiger partial charge on any atom is 0.417 e. The van der Waals surface area contributed by atoms with Crippen LogP contribution in [0, 0.1) is 17.8 Å². The molecule has 0 bridgehead atoms. The summed E-state index contributed by atoms with van der Waals surface area (Å²) in [6.45, 7) is 8.55. The number of hydrogen-bond acceptors (Lipinski definition) is 12. The first-order chi connectivity index (χ1) is 32.2. The molecule has 66 heavy (non-hydrogen) atoms. The van der Waals surface area contributed by atoms with E-state index in [2.05, 4.69) is 18.0 Å². The molecule has 1 aliphatic heterocycles. The number of amides is 2. The molecule has 0 spiro atoms. The monoisotopic (exact) mass is 905 g/mol. The number of allylic oxidation sites excluding steroid dienone is 1. The Hall–Kier alpha value is -6.09. The van der Waals surface area contributed by atoms with E-state index in [4.69, 9.17) is 38.4 Å². The number of methoxy groups -OCH3 is 2. The van der Waals surface area contributed by atoms with Crippen LogP contribution in [0.4, 0.5) is 15.3 Å². The van der Waals surface area contributed by atoms with Gasteiger partial charge in [-0.05, 0) is 104 Å². The SMILES string of the molecule is C=CCO[C@@]12Oc3ccc(OC(=O)Nc4ccc(OC)cc4OC)cc3[C@H]3[C@H](CCCCO)[C@@H](CCCCO)C=C(C(=NOCC)C[C@@H]1N(Cc1cccc4ccccc14)C(=O)OCC)[C@H]32. The van der Waals surface area contributed by atoms with Crippen molar-refractivity contribution in [3.8, 4) is 23.0 Å². The number of rotatable bonds is 21. The number of benzene rings is 4. The molecule has 4 aromatic carbocycles. The Morgan fingerprint density at radius 1 is 0.924 bits per heavy atom. The lowest BCUT2D eigenvalue weighted by Gasteiger charge is -2.59. The van der Waals surface area contributed by atoms with Gasteiger partial charge in [-0.1, -0.05) is 72.6 Å². The minimum atomic E-state index is -1.52. The molecule has 14 heteroatoms. The lowest BCUT2D eigenvalue weighted by atomic mass is 9.55. The van der Waals surface area contributed by atoms with E-state index in [1.807, 2.05) is 55.5 Å². The molecule has 6 atom stereocenters. The Labute approximate surface area is 387 Å².